The Morgan fingerprint density at radius 2 is 1.83 bits per heavy atom. The molecule has 0 atom stereocenters. The van der Waals surface area contributed by atoms with E-state index in [2.05, 4.69) is 9.97 Å². The van der Waals surface area contributed by atoms with Crippen molar-refractivity contribution >= 4 is 39.3 Å². The minimum Gasteiger partial charge on any atom is -0.462 e. The first-order valence-electron chi connectivity index (χ1n) is 8.76. The van der Waals surface area contributed by atoms with Crippen LogP contribution in [-0.4, -0.2) is 28.5 Å². The fourth-order valence-electron chi connectivity index (χ4n) is 2.69. The summed E-state index contributed by atoms with van der Waals surface area (Å²) in [6, 6.07) is 6.83. The van der Waals surface area contributed by atoms with Gasteiger partial charge in [-0.1, -0.05) is 0 Å². The predicted molar refractivity (Wildman–Crippen MR) is 108 cm³/mol. The summed E-state index contributed by atoms with van der Waals surface area (Å²) >= 11 is 0.937. The van der Waals surface area contributed by atoms with E-state index in [4.69, 9.17) is 15.2 Å². The third kappa shape index (κ3) is 4.02. The lowest BCUT2D eigenvalue weighted by Gasteiger charge is -2.08. The van der Waals surface area contributed by atoms with E-state index in [1.54, 1.807) is 25.1 Å². The van der Waals surface area contributed by atoms with Crippen LogP contribution in [0.1, 0.15) is 49.5 Å². The molecule has 0 unspecified atom stereocenters. The average Bonchev–Trinajstić information content (AvgIpc) is 3.02. The Bertz CT molecular complexity index is 1160. The van der Waals surface area contributed by atoms with Crippen molar-refractivity contribution in [3.8, 4) is 6.07 Å². The summed E-state index contributed by atoms with van der Waals surface area (Å²) in [6.45, 7) is 5.28. The lowest BCUT2D eigenvalue weighted by Crippen LogP contribution is -2.10. The van der Waals surface area contributed by atoms with E-state index in [9.17, 15) is 14.9 Å². The summed E-state index contributed by atoms with van der Waals surface area (Å²) in [7, 11) is 0. The van der Waals surface area contributed by atoms with Gasteiger partial charge in [0.25, 0.3) is 0 Å². The average molecular weight is 410 g/mol. The highest BCUT2D eigenvalue weighted by Crippen LogP contribution is 2.32. The number of benzene rings is 1. The fourth-order valence-corrected chi connectivity index (χ4v) is 3.60. The zero-order valence-electron chi connectivity index (χ0n) is 16.1. The highest BCUT2D eigenvalue weighted by atomic mass is 32.1. The number of carbonyl (C=O) groups is 2. The number of hydrogen-bond acceptors (Lipinski definition) is 9. The van der Waals surface area contributed by atoms with Crippen molar-refractivity contribution in [3.05, 3.63) is 51.2 Å². The summed E-state index contributed by atoms with van der Waals surface area (Å²) in [6.07, 6.45) is 0. The molecule has 0 bridgehead atoms. The summed E-state index contributed by atoms with van der Waals surface area (Å²) in [5.41, 5.74) is 9.31. The van der Waals surface area contributed by atoms with Gasteiger partial charge in [-0.15, -0.1) is 11.3 Å². The number of hydrogen-bond donors (Lipinski definition) is 1. The van der Waals surface area contributed by atoms with E-state index in [1.807, 2.05) is 19.9 Å². The van der Waals surface area contributed by atoms with Crippen LogP contribution in [0.2, 0.25) is 0 Å². The molecule has 0 aliphatic carbocycles. The highest BCUT2D eigenvalue weighted by Gasteiger charge is 2.24. The van der Waals surface area contributed by atoms with E-state index >= 15 is 0 Å². The minimum atomic E-state index is -0.615. The van der Waals surface area contributed by atoms with E-state index < -0.39 is 11.9 Å². The van der Waals surface area contributed by atoms with E-state index in [0.717, 1.165) is 22.7 Å². The van der Waals surface area contributed by atoms with Crippen molar-refractivity contribution in [2.45, 2.75) is 27.4 Å². The number of nitrogen functional groups attached to an aromatic ring is 1. The summed E-state index contributed by atoms with van der Waals surface area (Å²) < 4.78 is 10.3. The Morgan fingerprint density at radius 1 is 1.14 bits per heavy atom. The molecule has 0 aliphatic rings. The third-order valence-electron chi connectivity index (χ3n) is 4.27. The molecule has 0 amide bonds. The number of nitrogens with two attached hydrogens (primary N) is 1. The number of ether oxygens (including phenoxy) is 2. The number of nitriles is 1. The number of nitrogens with zero attached hydrogens (tertiary/aromatic N) is 3. The second-order valence-electron chi connectivity index (χ2n) is 6.16. The van der Waals surface area contributed by atoms with Crippen LogP contribution in [0.5, 0.6) is 0 Å². The van der Waals surface area contributed by atoms with Gasteiger partial charge in [0, 0.05) is 5.56 Å². The number of rotatable bonds is 5. The van der Waals surface area contributed by atoms with Crippen molar-refractivity contribution < 1.29 is 19.1 Å². The molecule has 3 aromatic rings. The van der Waals surface area contributed by atoms with Gasteiger partial charge in [-0.05, 0) is 39.0 Å². The molecule has 0 saturated heterocycles. The molecule has 0 fully saturated rings. The molecule has 2 heterocycles. The second-order valence-corrected chi connectivity index (χ2v) is 7.21. The van der Waals surface area contributed by atoms with Crippen molar-refractivity contribution in [1.82, 2.24) is 9.97 Å². The van der Waals surface area contributed by atoms with Crippen molar-refractivity contribution in [3.63, 3.8) is 0 Å². The van der Waals surface area contributed by atoms with Crippen molar-refractivity contribution in [2.24, 2.45) is 0 Å². The van der Waals surface area contributed by atoms with Gasteiger partial charge in [0.05, 0.1) is 40.2 Å². The maximum atomic E-state index is 12.5. The largest absolute Gasteiger partial charge is 0.462 e. The smallest absolute Gasteiger partial charge is 0.348 e. The van der Waals surface area contributed by atoms with Crippen LogP contribution in [0.15, 0.2) is 18.2 Å². The van der Waals surface area contributed by atoms with E-state index in [1.165, 1.54) is 0 Å². The quantitative estimate of drug-likeness (QED) is 0.635. The van der Waals surface area contributed by atoms with Gasteiger partial charge in [-0.25, -0.2) is 19.6 Å². The molecule has 2 N–H and O–H groups in total. The monoisotopic (exact) mass is 410 g/mol. The number of anilines is 1. The summed E-state index contributed by atoms with van der Waals surface area (Å²) in [4.78, 5) is 33.7. The Hall–Kier alpha value is -3.51. The van der Waals surface area contributed by atoms with Gasteiger partial charge in [0.2, 0.25) is 0 Å². The van der Waals surface area contributed by atoms with Crippen LogP contribution in [0.4, 0.5) is 5.00 Å². The molecule has 3 rings (SSSR count). The molecule has 148 valence electrons. The van der Waals surface area contributed by atoms with Crippen LogP contribution in [0, 0.1) is 25.2 Å². The molecule has 1 aromatic carbocycles. The topological polar surface area (TPSA) is 128 Å². The maximum Gasteiger partial charge on any atom is 0.348 e. The Kier molecular flexibility index (Phi) is 5.75. The predicted octanol–water partition coefficient (Wildman–Crippen LogP) is 3.30. The lowest BCUT2D eigenvalue weighted by molar-refractivity contribution is 0.0453. The zero-order valence-corrected chi connectivity index (χ0v) is 16.9. The first-order valence-corrected chi connectivity index (χ1v) is 9.57. The molecule has 29 heavy (non-hydrogen) atoms. The molecule has 0 spiro atoms. The van der Waals surface area contributed by atoms with Gasteiger partial charge in [0.1, 0.15) is 22.6 Å². The second kappa shape index (κ2) is 8.24. The number of aromatic nitrogens is 2. The van der Waals surface area contributed by atoms with Crippen molar-refractivity contribution in [2.75, 3.05) is 12.3 Å². The molecule has 0 radical (unpaired) electrons. The van der Waals surface area contributed by atoms with Crippen LogP contribution >= 0.6 is 11.3 Å². The lowest BCUT2D eigenvalue weighted by atomic mass is 10.1. The van der Waals surface area contributed by atoms with Gasteiger partial charge in [0.15, 0.2) is 0 Å². The Balaban J connectivity index is 1.86. The fraction of sp³-hybridized carbons (Fsp3) is 0.250. The molecule has 2 aromatic heterocycles. The van der Waals surface area contributed by atoms with Crippen LogP contribution in [-0.2, 0) is 16.1 Å². The Morgan fingerprint density at radius 3 is 2.48 bits per heavy atom. The molecule has 8 nitrogen and oxygen atoms in total. The standard InChI is InChI=1S/C20H18N4O4S/c1-4-27-20(26)17-14(13(8-21)18(22)29-17)9-28-19(25)12-5-6-15-16(7-12)24-11(3)10(2)23-15/h5-7H,4,9,22H2,1-3H3. The first-order chi connectivity index (χ1) is 13.8. The SMILES string of the molecule is CCOC(=O)c1sc(N)c(C#N)c1COC(=O)c1ccc2nc(C)c(C)nc2c1. The van der Waals surface area contributed by atoms with Crippen LogP contribution in [0.25, 0.3) is 11.0 Å². The summed E-state index contributed by atoms with van der Waals surface area (Å²) in [5, 5.41) is 9.52. The van der Waals surface area contributed by atoms with Gasteiger partial charge in [-0.2, -0.15) is 5.26 Å². The van der Waals surface area contributed by atoms with Gasteiger partial charge < -0.3 is 15.2 Å². The van der Waals surface area contributed by atoms with Gasteiger partial charge in [-0.3, -0.25) is 0 Å². The molecule has 0 saturated carbocycles. The van der Waals surface area contributed by atoms with Crippen LogP contribution in [0.3, 0.4) is 0 Å². The number of fused-ring (bicyclic) bond motifs is 1. The van der Waals surface area contributed by atoms with Gasteiger partial charge >= 0.3 is 11.9 Å². The highest BCUT2D eigenvalue weighted by molar-refractivity contribution is 7.18. The molecule has 0 aliphatic heterocycles. The molecular formula is C20H18N4O4S. The maximum absolute atomic E-state index is 12.5. The minimum absolute atomic E-state index is 0.112. The molecule has 9 heteroatoms. The normalized spacial score (nSPS) is 10.6. The zero-order chi connectivity index (χ0) is 21.1. The number of carbonyl (C=O) groups excluding carboxylic acids is 2. The van der Waals surface area contributed by atoms with Crippen molar-refractivity contribution in [1.29, 1.82) is 5.26 Å². The summed E-state index contributed by atoms with van der Waals surface area (Å²) in [5.74, 6) is -1.22. The number of esters is 2. The third-order valence-corrected chi connectivity index (χ3v) is 5.31. The van der Waals surface area contributed by atoms with E-state index in [0.29, 0.717) is 11.0 Å². The van der Waals surface area contributed by atoms with Crippen LogP contribution < -0.4 is 5.73 Å². The molecular weight excluding hydrogens is 392 g/mol. The first kappa shape index (κ1) is 20.2. The number of aryl methyl sites for hydroxylation is 2. The van der Waals surface area contributed by atoms with E-state index in [-0.39, 0.29) is 39.8 Å². The Labute approximate surface area is 170 Å². The number of thiophene rings is 1.